The quantitative estimate of drug-likeness (QED) is 0.732. The zero-order valence-corrected chi connectivity index (χ0v) is 13.9. The molecule has 1 saturated heterocycles. The molecular formula is C17H25ClFNO2. The van der Waals surface area contributed by atoms with E-state index in [-0.39, 0.29) is 22.9 Å². The number of ether oxygens (including phenoxy) is 2. The van der Waals surface area contributed by atoms with Crippen LogP contribution in [0.1, 0.15) is 37.9 Å². The van der Waals surface area contributed by atoms with Crippen LogP contribution in [0.4, 0.5) is 4.39 Å². The van der Waals surface area contributed by atoms with Crippen molar-refractivity contribution in [3.8, 4) is 0 Å². The Morgan fingerprint density at radius 1 is 1.41 bits per heavy atom. The molecule has 5 heteroatoms. The van der Waals surface area contributed by atoms with Gasteiger partial charge in [-0.1, -0.05) is 23.7 Å². The van der Waals surface area contributed by atoms with Gasteiger partial charge in [-0.25, -0.2) is 4.39 Å². The smallest absolute Gasteiger partial charge is 0.147 e. The number of nitrogens with one attached hydrogen (secondary N) is 1. The molecule has 1 aliphatic rings. The highest BCUT2D eigenvalue weighted by atomic mass is 35.5. The normalized spacial score (nSPS) is 20.0. The minimum atomic E-state index is -0.357. The maximum absolute atomic E-state index is 14.4. The minimum Gasteiger partial charge on any atom is -0.382 e. The van der Waals surface area contributed by atoms with Gasteiger partial charge in [0.05, 0.1) is 11.1 Å². The Kier molecular flexibility index (Phi) is 7.60. The van der Waals surface area contributed by atoms with Crippen molar-refractivity contribution in [2.75, 3.05) is 32.9 Å². The summed E-state index contributed by atoms with van der Waals surface area (Å²) in [4.78, 5) is 0. The summed E-state index contributed by atoms with van der Waals surface area (Å²) < 4.78 is 25.7. The molecule has 1 aliphatic heterocycles. The van der Waals surface area contributed by atoms with E-state index < -0.39 is 0 Å². The van der Waals surface area contributed by atoms with Crippen LogP contribution in [-0.2, 0) is 9.47 Å². The molecule has 2 atom stereocenters. The zero-order chi connectivity index (χ0) is 15.8. The standard InChI is InChI=1S/C17H25ClFNO2/c1-2-21-10-5-11-22-17(13-6-4-9-20-12-13)14-7-3-8-15(18)16(14)19/h3,7-8,13,17,20H,2,4-6,9-12H2,1H3/t13?,17-/m1/s1. The molecule has 3 nitrogen and oxygen atoms in total. The first-order valence-corrected chi connectivity index (χ1v) is 8.45. The van der Waals surface area contributed by atoms with Crippen LogP contribution < -0.4 is 5.32 Å². The molecule has 0 radical (unpaired) electrons. The average molecular weight is 330 g/mol. The number of piperidine rings is 1. The largest absolute Gasteiger partial charge is 0.382 e. The zero-order valence-electron chi connectivity index (χ0n) is 13.1. The number of halogens is 2. The van der Waals surface area contributed by atoms with Gasteiger partial charge in [-0.15, -0.1) is 0 Å². The SMILES string of the molecule is CCOCCCO[C@@H](c1cccc(Cl)c1F)C1CCCNC1. The number of benzene rings is 1. The molecule has 0 saturated carbocycles. The van der Waals surface area contributed by atoms with Gasteiger partial charge < -0.3 is 14.8 Å². The molecule has 1 N–H and O–H groups in total. The first-order valence-electron chi connectivity index (χ1n) is 8.08. The van der Waals surface area contributed by atoms with Gasteiger partial charge in [0.25, 0.3) is 0 Å². The highest BCUT2D eigenvalue weighted by Crippen LogP contribution is 2.34. The summed E-state index contributed by atoms with van der Waals surface area (Å²) in [5, 5.41) is 3.53. The Morgan fingerprint density at radius 3 is 3.00 bits per heavy atom. The lowest BCUT2D eigenvalue weighted by atomic mass is 9.89. The maximum Gasteiger partial charge on any atom is 0.147 e. The van der Waals surface area contributed by atoms with E-state index in [9.17, 15) is 4.39 Å². The van der Waals surface area contributed by atoms with Gasteiger partial charge in [-0.3, -0.25) is 0 Å². The highest BCUT2D eigenvalue weighted by Gasteiger charge is 2.28. The molecular weight excluding hydrogens is 305 g/mol. The molecule has 1 aromatic rings. The van der Waals surface area contributed by atoms with E-state index >= 15 is 0 Å². The first kappa shape index (κ1) is 17.7. The molecule has 124 valence electrons. The third kappa shape index (κ3) is 4.92. The van der Waals surface area contributed by atoms with Crippen LogP contribution in [0.15, 0.2) is 18.2 Å². The van der Waals surface area contributed by atoms with Gasteiger partial charge >= 0.3 is 0 Å². The van der Waals surface area contributed by atoms with Crippen LogP contribution in [0.5, 0.6) is 0 Å². The van der Waals surface area contributed by atoms with E-state index in [0.29, 0.717) is 25.4 Å². The molecule has 1 fully saturated rings. The Hall–Kier alpha value is -0.680. The summed E-state index contributed by atoms with van der Waals surface area (Å²) in [6.07, 6.45) is 2.68. The number of hydrogen-bond donors (Lipinski definition) is 1. The fourth-order valence-electron chi connectivity index (χ4n) is 2.87. The van der Waals surface area contributed by atoms with Gasteiger partial charge in [0.15, 0.2) is 0 Å². The van der Waals surface area contributed by atoms with Crippen LogP contribution >= 0.6 is 11.6 Å². The Morgan fingerprint density at radius 2 is 2.27 bits per heavy atom. The van der Waals surface area contributed by atoms with Crippen molar-refractivity contribution in [3.05, 3.63) is 34.6 Å². The molecule has 1 unspecified atom stereocenters. The Balaban J connectivity index is 2.05. The topological polar surface area (TPSA) is 30.5 Å². The molecule has 22 heavy (non-hydrogen) atoms. The van der Waals surface area contributed by atoms with Gasteiger partial charge in [0.2, 0.25) is 0 Å². The second-order valence-corrected chi connectivity index (χ2v) is 6.00. The summed E-state index contributed by atoms with van der Waals surface area (Å²) >= 11 is 5.93. The maximum atomic E-state index is 14.4. The van der Waals surface area contributed by atoms with Crippen molar-refractivity contribution in [2.24, 2.45) is 5.92 Å². The highest BCUT2D eigenvalue weighted by molar-refractivity contribution is 6.30. The van der Waals surface area contributed by atoms with Gasteiger partial charge in [-0.05, 0) is 38.8 Å². The first-order chi connectivity index (χ1) is 10.7. The molecule has 0 spiro atoms. The van der Waals surface area contributed by atoms with E-state index in [2.05, 4.69) is 5.32 Å². The number of hydrogen-bond acceptors (Lipinski definition) is 3. The van der Waals surface area contributed by atoms with Crippen LogP contribution in [0.3, 0.4) is 0 Å². The third-order valence-corrected chi connectivity index (χ3v) is 4.28. The average Bonchev–Trinajstić information content (AvgIpc) is 2.55. The van der Waals surface area contributed by atoms with Crippen molar-refractivity contribution in [3.63, 3.8) is 0 Å². The molecule has 0 amide bonds. The lowest BCUT2D eigenvalue weighted by Gasteiger charge is -2.31. The molecule has 0 aliphatic carbocycles. The summed E-state index contributed by atoms with van der Waals surface area (Å²) in [5.41, 5.74) is 0.567. The van der Waals surface area contributed by atoms with Crippen molar-refractivity contribution in [1.29, 1.82) is 0 Å². The number of rotatable bonds is 8. The molecule has 0 aromatic heterocycles. The Bertz CT molecular complexity index is 452. The van der Waals surface area contributed by atoms with Crippen molar-refractivity contribution < 1.29 is 13.9 Å². The van der Waals surface area contributed by atoms with Crippen LogP contribution in [0.25, 0.3) is 0 Å². The van der Waals surface area contributed by atoms with E-state index in [1.54, 1.807) is 18.2 Å². The van der Waals surface area contributed by atoms with Crippen LogP contribution in [0, 0.1) is 11.7 Å². The monoisotopic (exact) mass is 329 g/mol. The van der Waals surface area contributed by atoms with Crippen molar-refractivity contribution >= 4 is 11.6 Å². The molecule has 2 rings (SSSR count). The predicted octanol–water partition coefficient (Wildman–Crippen LogP) is 3.96. The third-order valence-electron chi connectivity index (χ3n) is 3.99. The fraction of sp³-hybridized carbons (Fsp3) is 0.647. The van der Waals surface area contributed by atoms with Crippen LogP contribution in [0.2, 0.25) is 5.02 Å². The molecule has 0 bridgehead atoms. The molecule has 1 aromatic carbocycles. The van der Waals surface area contributed by atoms with Crippen molar-refractivity contribution in [1.82, 2.24) is 5.32 Å². The second kappa shape index (κ2) is 9.46. The van der Waals surface area contributed by atoms with E-state index in [0.717, 1.165) is 32.4 Å². The summed E-state index contributed by atoms with van der Waals surface area (Å²) in [7, 11) is 0. The van der Waals surface area contributed by atoms with Crippen molar-refractivity contribution in [2.45, 2.75) is 32.3 Å². The predicted molar refractivity (Wildman–Crippen MR) is 86.8 cm³/mol. The van der Waals surface area contributed by atoms with Gasteiger partial charge in [0, 0.05) is 37.8 Å². The van der Waals surface area contributed by atoms with Gasteiger partial charge in [0.1, 0.15) is 5.82 Å². The minimum absolute atomic E-state index is 0.157. The Labute approximate surface area is 137 Å². The summed E-state index contributed by atoms with van der Waals surface area (Å²) in [6, 6.07) is 5.14. The summed E-state index contributed by atoms with van der Waals surface area (Å²) in [5.74, 6) is -0.0849. The lowest BCUT2D eigenvalue weighted by molar-refractivity contribution is -0.00906. The van der Waals surface area contributed by atoms with E-state index in [1.165, 1.54) is 0 Å². The van der Waals surface area contributed by atoms with Crippen LogP contribution in [-0.4, -0.2) is 32.9 Å². The fourth-order valence-corrected chi connectivity index (χ4v) is 3.05. The second-order valence-electron chi connectivity index (χ2n) is 5.59. The molecule has 1 heterocycles. The summed E-state index contributed by atoms with van der Waals surface area (Å²) in [6.45, 7) is 5.78. The lowest BCUT2D eigenvalue weighted by Crippen LogP contribution is -2.34. The van der Waals surface area contributed by atoms with E-state index in [1.807, 2.05) is 6.92 Å². The van der Waals surface area contributed by atoms with Gasteiger partial charge in [-0.2, -0.15) is 0 Å². The van der Waals surface area contributed by atoms with E-state index in [4.69, 9.17) is 21.1 Å².